The lowest BCUT2D eigenvalue weighted by Gasteiger charge is -2.02. The molecular formula is C12H17NO2S. The van der Waals surface area contributed by atoms with Gasteiger partial charge in [-0.1, -0.05) is 13.3 Å². The van der Waals surface area contributed by atoms with Crippen LogP contribution in [0.4, 0.5) is 0 Å². The topological polar surface area (TPSA) is 49.3 Å². The lowest BCUT2D eigenvalue weighted by atomic mass is 10.2. The van der Waals surface area contributed by atoms with Crippen molar-refractivity contribution in [2.75, 3.05) is 0 Å². The van der Waals surface area contributed by atoms with Crippen molar-refractivity contribution in [3.05, 3.63) is 21.4 Å². The average molecular weight is 239 g/mol. The number of thiophene rings is 1. The van der Waals surface area contributed by atoms with Gasteiger partial charge in [-0.3, -0.25) is 0 Å². The molecular weight excluding hydrogens is 222 g/mol. The maximum Gasteiger partial charge on any atom is 0.345 e. The van der Waals surface area contributed by atoms with E-state index in [9.17, 15) is 4.79 Å². The molecule has 1 heterocycles. The van der Waals surface area contributed by atoms with E-state index in [0.29, 0.717) is 10.9 Å². The molecule has 3 nitrogen and oxygen atoms in total. The number of carboxylic acids is 1. The third kappa shape index (κ3) is 2.44. The van der Waals surface area contributed by atoms with Crippen LogP contribution in [0.5, 0.6) is 0 Å². The van der Waals surface area contributed by atoms with E-state index in [1.54, 1.807) is 6.07 Å². The van der Waals surface area contributed by atoms with Crippen molar-refractivity contribution < 1.29 is 9.90 Å². The molecule has 0 saturated heterocycles. The van der Waals surface area contributed by atoms with Crippen LogP contribution in [0.3, 0.4) is 0 Å². The van der Waals surface area contributed by atoms with Crippen LogP contribution in [-0.2, 0) is 6.54 Å². The Kier molecular flexibility index (Phi) is 3.30. The van der Waals surface area contributed by atoms with Crippen LogP contribution in [0.25, 0.3) is 0 Å². The number of aromatic carboxylic acids is 1. The highest BCUT2D eigenvalue weighted by Gasteiger charge is 2.34. The van der Waals surface area contributed by atoms with Crippen LogP contribution in [-0.4, -0.2) is 17.1 Å². The summed E-state index contributed by atoms with van der Waals surface area (Å²) >= 11 is 1.36. The largest absolute Gasteiger partial charge is 0.477 e. The van der Waals surface area contributed by atoms with Gasteiger partial charge in [-0.15, -0.1) is 11.3 Å². The Morgan fingerprint density at radius 3 is 2.94 bits per heavy atom. The molecule has 4 heteroatoms. The van der Waals surface area contributed by atoms with Gasteiger partial charge in [0, 0.05) is 17.5 Å². The summed E-state index contributed by atoms with van der Waals surface area (Å²) in [4.78, 5) is 12.4. The molecule has 2 unspecified atom stereocenters. The molecule has 16 heavy (non-hydrogen) atoms. The molecule has 1 fully saturated rings. The highest BCUT2D eigenvalue weighted by Crippen LogP contribution is 2.33. The Hall–Kier alpha value is -0.870. The molecule has 1 saturated carbocycles. The third-order valence-electron chi connectivity index (χ3n) is 3.23. The van der Waals surface area contributed by atoms with Crippen molar-refractivity contribution in [2.24, 2.45) is 5.92 Å². The zero-order chi connectivity index (χ0) is 11.7. The lowest BCUT2D eigenvalue weighted by Crippen LogP contribution is -2.17. The summed E-state index contributed by atoms with van der Waals surface area (Å²) in [5.41, 5.74) is 1.13. The molecule has 2 atom stereocenters. The minimum atomic E-state index is -0.822. The number of rotatable bonds is 5. The quantitative estimate of drug-likeness (QED) is 0.830. The number of carbonyl (C=O) groups is 1. The molecule has 0 bridgehead atoms. The zero-order valence-corrected chi connectivity index (χ0v) is 10.4. The summed E-state index contributed by atoms with van der Waals surface area (Å²) < 4.78 is 0. The van der Waals surface area contributed by atoms with Gasteiger partial charge in [-0.2, -0.15) is 0 Å². The number of aryl methyl sites for hydroxylation is 1. The van der Waals surface area contributed by atoms with Crippen LogP contribution in [0.2, 0.25) is 0 Å². The minimum absolute atomic E-state index is 0.442. The number of hydrogen-bond donors (Lipinski definition) is 2. The van der Waals surface area contributed by atoms with Crippen molar-refractivity contribution in [3.63, 3.8) is 0 Å². The highest BCUT2D eigenvalue weighted by atomic mass is 32.1. The normalized spacial score (nSPS) is 23.4. The summed E-state index contributed by atoms with van der Waals surface area (Å²) in [6.45, 7) is 5.00. The first-order chi connectivity index (χ1) is 7.61. The van der Waals surface area contributed by atoms with Gasteiger partial charge in [0.2, 0.25) is 0 Å². The fourth-order valence-electron chi connectivity index (χ4n) is 1.99. The second-order valence-corrected chi connectivity index (χ2v) is 5.64. The van der Waals surface area contributed by atoms with E-state index in [1.807, 2.05) is 6.92 Å². The van der Waals surface area contributed by atoms with Gasteiger partial charge >= 0.3 is 5.97 Å². The Bertz CT molecular complexity index is 400. The second-order valence-electron chi connectivity index (χ2n) is 4.39. The van der Waals surface area contributed by atoms with Crippen LogP contribution < -0.4 is 5.32 Å². The summed E-state index contributed by atoms with van der Waals surface area (Å²) in [6.07, 6.45) is 2.51. The van der Waals surface area contributed by atoms with Gasteiger partial charge in [0.15, 0.2) is 0 Å². The van der Waals surface area contributed by atoms with E-state index in [-0.39, 0.29) is 0 Å². The maximum atomic E-state index is 10.8. The molecule has 2 N–H and O–H groups in total. The molecule has 2 rings (SSSR count). The van der Waals surface area contributed by atoms with E-state index < -0.39 is 5.97 Å². The van der Waals surface area contributed by atoms with Crippen molar-refractivity contribution in [3.8, 4) is 0 Å². The molecule has 0 amide bonds. The summed E-state index contributed by atoms with van der Waals surface area (Å²) in [5, 5.41) is 12.4. The summed E-state index contributed by atoms with van der Waals surface area (Å²) in [5.74, 6) is 0.00935. The SMILES string of the molecule is CCC1CC1NCc1cc(C(=O)O)sc1C. The smallest absolute Gasteiger partial charge is 0.345 e. The standard InChI is InChI=1S/C12H17NO2S/c1-3-8-4-10(8)13-6-9-5-11(12(14)15)16-7(9)2/h5,8,10,13H,3-4,6H2,1-2H3,(H,14,15). The average Bonchev–Trinajstić information content (AvgIpc) is 2.91. The predicted octanol–water partition coefficient (Wildman–Crippen LogP) is 2.64. The molecule has 0 radical (unpaired) electrons. The third-order valence-corrected chi connectivity index (χ3v) is 4.31. The Balaban J connectivity index is 1.92. The molecule has 0 spiro atoms. The molecule has 1 aromatic rings. The van der Waals surface area contributed by atoms with Gasteiger partial charge in [0.05, 0.1) is 0 Å². The van der Waals surface area contributed by atoms with Crippen LogP contribution in [0.1, 0.15) is 39.9 Å². The Morgan fingerprint density at radius 1 is 1.69 bits per heavy atom. The molecule has 88 valence electrons. The van der Waals surface area contributed by atoms with Crippen LogP contribution in [0.15, 0.2) is 6.07 Å². The second kappa shape index (κ2) is 4.55. The summed E-state index contributed by atoms with van der Waals surface area (Å²) in [6, 6.07) is 2.44. The number of hydrogen-bond acceptors (Lipinski definition) is 3. The van der Waals surface area contributed by atoms with Crippen molar-refractivity contribution >= 4 is 17.3 Å². The highest BCUT2D eigenvalue weighted by molar-refractivity contribution is 7.14. The molecule has 1 aliphatic carbocycles. The van der Waals surface area contributed by atoms with Crippen molar-refractivity contribution in [1.29, 1.82) is 0 Å². The molecule has 1 aliphatic rings. The van der Waals surface area contributed by atoms with Crippen LogP contribution >= 0.6 is 11.3 Å². The van der Waals surface area contributed by atoms with Crippen molar-refractivity contribution in [1.82, 2.24) is 5.32 Å². The molecule has 0 aliphatic heterocycles. The minimum Gasteiger partial charge on any atom is -0.477 e. The van der Waals surface area contributed by atoms with Gasteiger partial charge in [0.25, 0.3) is 0 Å². The van der Waals surface area contributed by atoms with Gasteiger partial charge in [-0.25, -0.2) is 4.79 Å². The fraction of sp³-hybridized carbons (Fsp3) is 0.583. The monoisotopic (exact) mass is 239 g/mol. The number of nitrogens with one attached hydrogen (secondary N) is 1. The van der Waals surface area contributed by atoms with Crippen LogP contribution in [0, 0.1) is 12.8 Å². The van der Waals surface area contributed by atoms with E-state index in [2.05, 4.69) is 12.2 Å². The fourth-order valence-corrected chi connectivity index (χ4v) is 2.87. The van der Waals surface area contributed by atoms with Crippen molar-refractivity contribution in [2.45, 2.75) is 39.3 Å². The molecule has 1 aromatic heterocycles. The van der Waals surface area contributed by atoms with Gasteiger partial charge in [-0.05, 0) is 30.9 Å². The predicted molar refractivity (Wildman–Crippen MR) is 65.0 cm³/mol. The zero-order valence-electron chi connectivity index (χ0n) is 9.62. The maximum absolute atomic E-state index is 10.8. The molecule has 0 aromatic carbocycles. The van der Waals surface area contributed by atoms with E-state index in [1.165, 1.54) is 24.2 Å². The first kappa shape index (κ1) is 11.6. The first-order valence-corrected chi connectivity index (χ1v) is 6.49. The lowest BCUT2D eigenvalue weighted by molar-refractivity contribution is 0.0702. The van der Waals surface area contributed by atoms with E-state index in [0.717, 1.165) is 22.9 Å². The van der Waals surface area contributed by atoms with Gasteiger partial charge < -0.3 is 10.4 Å². The number of carboxylic acid groups (broad SMARTS) is 1. The van der Waals surface area contributed by atoms with Gasteiger partial charge in [0.1, 0.15) is 4.88 Å². The van der Waals surface area contributed by atoms with E-state index in [4.69, 9.17) is 5.11 Å². The Labute approximate surface area is 99.5 Å². The Morgan fingerprint density at radius 2 is 2.44 bits per heavy atom. The first-order valence-electron chi connectivity index (χ1n) is 5.67. The summed E-state index contributed by atoms with van der Waals surface area (Å²) in [7, 11) is 0. The van der Waals surface area contributed by atoms with E-state index >= 15 is 0 Å².